The molecule has 236 valence electrons. The largest absolute Gasteiger partial charge is 0.325 e. The highest BCUT2D eigenvalue weighted by molar-refractivity contribution is 5.31. The van der Waals surface area contributed by atoms with Gasteiger partial charge in [-0.15, -0.1) is 0 Å². The van der Waals surface area contributed by atoms with Gasteiger partial charge in [-0.25, -0.2) is 0 Å². The third-order valence-corrected chi connectivity index (χ3v) is 11.4. The van der Waals surface area contributed by atoms with E-state index in [-0.39, 0.29) is 33.0 Å². The highest BCUT2D eigenvalue weighted by Crippen LogP contribution is 2.62. The molecule has 1 nitrogen and oxygen atoms in total. The second-order valence-corrected chi connectivity index (χ2v) is 17.7. The molecule has 0 aromatic heterocycles. The summed E-state index contributed by atoms with van der Waals surface area (Å²) in [6.07, 6.45) is 1.99. The minimum absolute atomic E-state index is 0.0441. The fraction of sp³-hybridized carbons (Fsp3) is 0.571. The van der Waals surface area contributed by atoms with E-state index in [4.69, 9.17) is 5.73 Å². The van der Waals surface area contributed by atoms with Gasteiger partial charge in [-0.1, -0.05) is 174 Å². The van der Waals surface area contributed by atoms with E-state index in [2.05, 4.69) is 181 Å². The zero-order valence-electron chi connectivity index (χ0n) is 29.9. The van der Waals surface area contributed by atoms with Crippen LogP contribution in [-0.4, -0.2) is 5.54 Å². The van der Waals surface area contributed by atoms with E-state index in [9.17, 15) is 0 Å². The van der Waals surface area contributed by atoms with Gasteiger partial charge in [-0.05, 0) is 81.3 Å². The molecule has 3 aromatic rings. The van der Waals surface area contributed by atoms with Gasteiger partial charge in [0.1, 0.15) is 0 Å². The van der Waals surface area contributed by atoms with Gasteiger partial charge >= 0.3 is 0 Å². The van der Waals surface area contributed by atoms with E-state index in [1.54, 1.807) is 0 Å². The van der Waals surface area contributed by atoms with Gasteiger partial charge < -0.3 is 5.73 Å². The summed E-state index contributed by atoms with van der Waals surface area (Å²) in [4.78, 5) is 0. The molecule has 0 fully saturated rings. The molecular weight excluding hydrogens is 518 g/mol. The SMILES string of the molecule is CC(C)(C)CC(c1ccccc1)C(C)(C)C(C)(N)CC(c1ccccc1)C(C)(C)C(C)(C)C(c1ccccc1)C(C)(C)C. The highest BCUT2D eigenvalue weighted by atomic mass is 14.8. The van der Waals surface area contributed by atoms with E-state index >= 15 is 0 Å². The second kappa shape index (κ2) is 12.5. The maximum atomic E-state index is 7.70. The highest BCUT2D eigenvalue weighted by Gasteiger charge is 2.54. The zero-order valence-corrected chi connectivity index (χ0v) is 29.9. The van der Waals surface area contributed by atoms with Gasteiger partial charge in [0.25, 0.3) is 0 Å². The Morgan fingerprint density at radius 3 is 1.14 bits per heavy atom. The van der Waals surface area contributed by atoms with Crippen molar-refractivity contribution in [3.63, 3.8) is 0 Å². The van der Waals surface area contributed by atoms with Crippen LogP contribution in [-0.2, 0) is 0 Å². The Kier molecular flexibility index (Phi) is 10.2. The van der Waals surface area contributed by atoms with E-state index in [0.717, 1.165) is 12.8 Å². The van der Waals surface area contributed by atoms with E-state index < -0.39 is 5.54 Å². The van der Waals surface area contributed by atoms with Crippen molar-refractivity contribution in [2.45, 2.75) is 126 Å². The lowest BCUT2D eigenvalue weighted by atomic mass is 9.47. The first-order chi connectivity index (χ1) is 19.6. The lowest BCUT2D eigenvalue weighted by molar-refractivity contribution is -0.0121. The van der Waals surface area contributed by atoms with Crippen molar-refractivity contribution in [2.24, 2.45) is 32.8 Å². The zero-order chi connectivity index (χ0) is 32.5. The van der Waals surface area contributed by atoms with E-state index in [0.29, 0.717) is 11.8 Å². The van der Waals surface area contributed by atoms with Gasteiger partial charge in [-0.3, -0.25) is 0 Å². The molecule has 0 spiro atoms. The number of hydrogen-bond donors (Lipinski definition) is 1. The normalized spacial score (nSPS) is 17.2. The first-order valence-corrected chi connectivity index (χ1v) is 16.6. The van der Waals surface area contributed by atoms with Crippen LogP contribution < -0.4 is 5.73 Å². The van der Waals surface area contributed by atoms with Crippen LogP contribution in [0.15, 0.2) is 91.0 Å². The molecule has 43 heavy (non-hydrogen) atoms. The predicted octanol–water partition coefficient (Wildman–Crippen LogP) is 12.0. The van der Waals surface area contributed by atoms with E-state index in [1.165, 1.54) is 16.7 Å². The molecule has 0 bridgehead atoms. The molecule has 0 saturated carbocycles. The number of nitrogens with two attached hydrogens (primary N) is 1. The molecular formula is C42H63N. The van der Waals surface area contributed by atoms with Crippen molar-refractivity contribution in [3.05, 3.63) is 108 Å². The molecule has 0 saturated heterocycles. The summed E-state index contributed by atoms with van der Waals surface area (Å²) >= 11 is 0. The van der Waals surface area contributed by atoms with E-state index in [1.807, 2.05) is 0 Å². The summed E-state index contributed by atoms with van der Waals surface area (Å²) in [5.41, 5.74) is 11.5. The summed E-state index contributed by atoms with van der Waals surface area (Å²) < 4.78 is 0. The fourth-order valence-corrected chi connectivity index (χ4v) is 8.11. The lowest BCUT2D eigenvalue weighted by Gasteiger charge is -2.58. The third-order valence-electron chi connectivity index (χ3n) is 11.4. The van der Waals surface area contributed by atoms with Crippen molar-refractivity contribution in [2.75, 3.05) is 0 Å². The Morgan fingerprint density at radius 2 is 0.791 bits per heavy atom. The molecule has 3 rings (SSSR count). The molecule has 1 heteroatoms. The third kappa shape index (κ3) is 7.65. The summed E-state index contributed by atoms with van der Waals surface area (Å²) in [5, 5.41) is 0. The van der Waals surface area contributed by atoms with Crippen LogP contribution in [0, 0.1) is 27.1 Å². The van der Waals surface area contributed by atoms with Crippen molar-refractivity contribution >= 4 is 0 Å². The Labute approximate surface area is 266 Å². The Morgan fingerprint density at radius 1 is 0.442 bits per heavy atom. The Balaban J connectivity index is 2.17. The molecule has 0 amide bonds. The number of hydrogen-bond acceptors (Lipinski definition) is 1. The molecule has 0 heterocycles. The summed E-state index contributed by atoms with van der Waals surface area (Å²) in [5.74, 6) is 0.956. The summed E-state index contributed by atoms with van der Waals surface area (Å²) in [6, 6.07) is 33.5. The quantitative estimate of drug-likeness (QED) is 0.239. The molecule has 3 aromatic carbocycles. The average molecular weight is 582 g/mol. The molecule has 4 unspecified atom stereocenters. The van der Waals surface area contributed by atoms with Gasteiger partial charge in [0.15, 0.2) is 0 Å². The molecule has 0 radical (unpaired) electrons. The average Bonchev–Trinajstić information content (AvgIpc) is 2.90. The van der Waals surface area contributed by atoms with Crippen LogP contribution in [0.1, 0.15) is 137 Å². The van der Waals surface area contributed by atoms with Crippen molar-refractivity contribution in [3.8, 4) is 0 Å². The predicted molar refractivity (Wildman–Crippen MR) is 190 cm³/mol. The maximum absolute atomic E-state index is 7.70. The summed E-state index contributed by atoms with van der Waals surface area (Å²) in [7, 11) is 0. The second-order valence-electron chi connectivity index (χ2n) is 17.7. The Bertz CT molecular complexity index is 1270. The maximum Gasteiger partial charge on any atom is 0.0189 e. The van der Waals surface area contributed by atoms with Crippen LogP contribution >= 0.6 is 0 Å². The topological polar surface area (TPSA) is 26.0 Å². The fourth-order valence-electron chi connectivity index (χ4n) is 8.11. The van der Waals surface area contributed by atoms with Gasteiger partial charge in [0.2, 0.25) is 0 Å². The summed E-state index contributed by atoms with van der Waals surface area (Å²) in [6.45, 7) is 31.6. The molecule has 0 aliphatic carbocycles. The minimum atomic E-state index is -0.434. The van der Waals surface area contributed by atoms with Crippen LogP contribution in [0.25, 0.3) is 0 Å². The monoisotopic (exact) mass is 581 g/mol. The van der Waals surface area contributed by atoms with Crippen LogP contribution in [0.4, 0.5) is 0 Å². The van der Waals surface area contributed by atoms with Gasteiger partial charge in [0, 0.05) is 5.54 Å². The molecule has 4 atom stereocenters. The van der Waals surface area contributed by atoms with Crippen molar-refractivity contribution in [1.29, 1.82) is 0 Å². The van der Waals surface area contributed by atoms with Crippen LogP contribution in [0.2, 0.25) is 0 Å². The molecule has 0 aliphatic rings. The number of benzene rings is 3. The molecule has 2 N–H and O–H groups in total. The Hall–Kier alpha value is -2.38. The first-order valence-electron chi connectivity index (χ1n) is 16.6. The van der Waals surface area contributed by atoms with Crippen molar-refractivity contribution in [1.82, 2.24) is 0 Å². The van der Waals surface area contributed by atoms with Crippen molar-refractivity contribution < 1.29 is 0 Å². The van der Waals surface area contributed by atoms with Gasteiger partial charge in [-0.2, -0.15) is 0 Å². The van der Waals surface area contributed by atoms with Crippen LogP contribution in [0.5, 0.6) is 0 Å². The lowest BCUT2D eigenvalue weighted by Crippen LogP contribution is -2.56. The molecule has 0 aliphatic heterocycles. The van der Waals surface area contributed by atoms with Crippen LogP contribution in [0.3, 0.4) is 0 Å². The smallest absolute Gasteiger partial charge is 0.0189 e. The number of rotatable bonds is 11. The van der Waals surface area contributed by atoms with Gasteiger partial charge in [0.05, 0.1) is 0 Å². The standard InChI is InChI=1S/C42H63N/c1-37(2,3)29-34(31-23-17-14-18-24-31)40(9,10)42(13,43)30-35(32-25-19-15-20-26-32)39(7,8)41(11,12)36(38(4,5)6)33-27-21-16-22-28-33/h14-28,34-36H,29-30,43H2,1-13H3. The minimum Gasteiger partial charge on any atom is -0.325 e. The first kappa shape index (κ1) is 35.1.